The van der Waals surface area contributed by atoms with Crippen LogP contribution in [0.15, 0.2) is 12.1 Å². The van der Waals surface area contributed by atoms with Gasteiger partial charge >= 0.3 is 5.97 Å². The van der Waals surface area contributed by atoms with Gasteiger partial charge in [-0.1, -0.05) is 0 Å². The summed E-state index contributed by atoms with van der Waals surface area (Å²) in [6, 6.07) is 4.29. The Morgan fingerprint density at radius 2 is 2.00 bits per heavy atom. The first-order valence-corrected chi connectivity index (χ1v) is 7.84. The number of carboxylic acids is 1. The van der Waals surface area contributed by atoms with Gasteiger partial charge in [0.25, 0.3) is 0 Å². The molecule has 2 atom stereocenters. The van der Waals surface area contributed by atoms with Crippen molar-refractivity contribution in [2.75, 3.05) is 27.3 Å². The number of hydrogen-bond acceptors (Lipinski definition) is 4. The SMILES string of the molecule is COc1cc2c(cc1OC)C1C(CC(=O)O)CCCN1CC2. The van der Waals surface area contributed by atoms with Crippen LogP contribution in [0.2, 0.25) is 0 Å². The molecule has 120 valence electrons. The molecule has 0 amide bonds. The van der Waals surface area contributed by atoms with Crippen molar-refractivity contribution >= 4 is 5.97 Å². The minimum atomic E-state index is -0.709. The number of methoxy groups -OCH3 is 2. The molecular weight excluding hydrogens is 282 g/mol. The third kappa shape index (κ3) is 2.65. The van der Waals surface area contributed by atoms with Gasteiger partial charge in [-0.3, -0.25) is 9.69 Å². The highest BCUT2D eigenvalue weighted by atomic mass is 16.5. The highest BCUT2D eigenvalue weighted by molar-refractivity contribution is 5.67. The van der Waals surface area contributed by atoms with E-state index in [0.29, 0.717) is 0 Å². The lowest BCUT2D eigenvalue weighted by Gasteiger charge is -2.45. The molecule has 0 bridgehead atoms. The highest BCUT2D eigenvalue weighted by Crippen LogP contribution is 2.45. The maximum absolute atomic E-state index is 11.2. The second-order valence-electron chi connectivity index (χ2n) is 6.14. The van der Waals surface area contributed by atoms with Crippen molar-refractivity contribution in [3.8, 4) is 11.5 Å². The number of ether oxygens (including phenoxy) is 2. The predicted octanol–water partition coefficient (Wildman–Crippen LogP) is 2.49. The lowest BCUT2D eigenvalue weighted by atomic mass is 9.78. The van der Waals surface area contributed by atoms with Crippen LogP contribution in [0.1, 0.15) is 36.4 Å². The molecule has 5 heteroatoms. The Hall–Kier alpha value is -1.75. The number of hydrogen-bond donors (Lipinski definition) is 1. The van der Waals surface area contributed by atoms with Crippen molar-refractivity contribution in [1.29, 1.82) is 0 Å². The van der Waals surface area contributed by atoms with E-state index >= 15 is 0 Å². The van der Waals surface area contributed by atoms with E-state index in [4.69, 9.17) is 9.47 Å². The largest absolute Gasteiger partial charge is 0.493 e. The van der Waals surface area contributed by atoms with E-state index in [1.165, 1.54) is 11.1 Å². The molecular formula is C17H23NO4. The zero-order valence-corrected chi connectivity index (χ0v) is 13.2. The van der Waals surface area contributed by atoms with Crippen LogP contribution >= 0.6 is 0 Å². The van der Waals surface area contributed by atoms with Crippen molar-refractivity contribution in [2.45, 2.75) is 31.7 Å². The molecule has 2 heterocycles. The average molecular weight is 305 g/mol. The van der Waals surface area contributed by atoms with Gasteiger partial charge in [-0.25, -0.2) is 0 Å². The number of carbonyl (C=O) groups is 1. The fourth-order valence-electron chi connectivity index (χ4n) is 3.98. The number of aliphatic carboxylic acids is 1. The zero-order chi connectivity index (χ0) is 15.7. The Bertz CT molecular complexity index is 572. The van der Waals surface area contributed by atoms with Gasteiger partial charge in [0.2, 0.25) is 0 Å². The monoisotopic (exact) mass is 305 g/mol. The zero-order valence-electron chi connectivity index (χ0n) is 13.2. The van der Waals surface area contributed by atoms with Gasteiger partial charge in [0.15, 0.2) is 11.5 Å². The Morgan fingerprint density at radius 1 is 1.27 bits per heavy atom. The standard InChI is InChI=1S/C17H23NO4/c1-21-14-8-11-5-7-18-6-3-4-12(9-16(19)20)17(18)13(11)10-15(14)22-2/h8,10,12,17H,3-7,9H2,1-2H3,(H,19,20). The third-order valence-electron chi connectivity index (χ3n) is 4.93. The van der Waals surface area contributed by atoms with E-state index in [1.54, 1.807) is 14.2 Å². The van der Waals surface area contributed by atoms with Crippen LogP contribution in [0.25, 0.3) is 0 Å². The lowest BCUT2D eigenvalue weighted by molar-refractivity contribution is -0.139. The van der Waals surface area contributed by atoms with E-state index in [-0.39, 0.29) is 18.4 Å². The number of fused-ring (bicyclic) bond motifs is 3. The van der Waals surface area contributed by atoms with Crippen LogP contribution in [0.3, 0.4) is 0 Å². The molecule has 1 fully saturated rings. The lowest BCUT2D eigenvalue weighted by Crippen LogP contribution is -2.43. The van der Waals surface area contributed by atoms with Crippen molar-refractivity contribution in [3.05, 3.63) is 23.3 Å². The van der Waals surface area contributed by atoms with Gasteiger partial charge in [0, 0.05) is 19.0 Å². The molecule has 5 nitrogen and oxygen atoms in total. The van der Waals surface area contributed by atoms with Crippen LogP contribution in [0.5, 0.6) is 11.5 Å². The van der Waals surface area contributed by atoms with Crippen LogP contribution in [0.4, 0.5) is 0 Å². The quantitative estimate of drug-likeness (QED) is 0.926. The second-order valence-corrected chi connectivity index (χ2v) is 6.14. The summed E-state index contributed by atoms with van der Waals surface area (Å²) in [5, 5.41) is 9.22. The smallest absolute Gasteiger partial charge is 0.303 e. The van der Waals surface area contributed by atoms with Gasteiger partial charge in [0.05, 0.1) is 14.2 Å². The summed E-state index contributed by atoms with van der Waals surface area (Å²) in [5.74, 6) is 0.936. The highest BCUT2D eigenvalue weighted by Gasteiger charge is 2.37. The number of piperidine rings is 1. The van der Waals surface area contributed by atoms with Gasteiger partial charge < -0.3 is 14.6 Å². The average Bonchev–Trinajstić information content (AvgIpc) is 2.52. The van der Waals surface area contributed by atoms with Gasteiger partial charge in [-0.2, -0.15) is 0 Å². The van der Waals surface area contributed by atoms with Crippen molar-refractivity contribution < 1.29 is 19.4 Å². The van der Waals surface area contributed by atoms with E-state index in [2.05, 4.69) is 11.0 Å². The molecule has 3 rings (SSSR count). The second kappa shape index (κ2) is 6.16. The molecule has 0 aromatic heterocycles. The molecule has 2 aliphatic rings. The first-order valence-electron chi connectivity index (χ1n) is 7.84. The molecule has 0 aliphatic carbocycles. The minimum Gasteiger partial charge on any atom is -0.493 e. The molecule has 2 aliphatic heterocycles. The first-order chi connectivity index (χ1) is 10.6. The van der Waals surface area contributed by atoms with Crippen LogP contribution < -0.4 is 9.47 Å². The van der Waals surface area contributed by atoms with Gasteiger partial charge in [-0.05, 0) is 55.0 Å². The van der Waals surface area contributed by atoms with Gasteiger partial charge in [-0.15, -0.1) is 0 Å². The number of carboxylic acid groups (broad SMARTS) is 1. The molecule has 1 N–H and O–H groups in total. The van der Waals surface area contributed by atoms with Crippen molar-refractivity contribution in [2.24, 2.45) is 5.92 Å². The summed E-state index contributed by atoms with van der Waals surface area (Å²) in [6.45, 7) is 2.04. The van der Waals surface area contributed by atoms with E-state index in [9.17, 15) is 9.90 Å². The summed E-state index contributed by atoms with van der Waals surface area (Å²) in [5.41, 5.74) is 2.48. The van der Waals surface area contributed by atoms with Crippen LogP contribution in [0, 0.1) is 5.92 Å². The van der Waals surface area contributed by atoms with E-state index < -0.39 is 5.97 Å². The summed E-state index contributed by atoms with van der Waals surface area (Å²) in [6.07, 6.45) is 3.26. The summed E-state index contributed by atoms with van der Waals surface area (Å²) in [4.78, 5) is 13.7. The van der Waals surface area contributed by atoms with Crippen LogP contribution in [-0.2, 0) is 11.2 Å². The molecule has 1 aromatic rings. The van der Waals surface area contributed by atoms with Crippen molar-refractivity contribution in [1.82, 2.24) is 4.90 Å². The predicted molar refractivity (Wildman–Crippen MR) is 82.5 cm³/mol. The van der Waals surface area contributed by atoms with Gasteiger partial charge in [0.1, 0.15) is 0 Å². The number of rotatable bonds is 4. The molecule has 1 saturated heterocycles. The summed E-state index contributed by atoms with van der Waals surface area (Å²) in [7, 11) is 3.29. The molecule has 0 spiro atoms. The topological polar surface area (TPSA) is 59.0 Å². The first kappa shape index (κ1) is 15.2. The molecule has 0 radical (unpaired) electrons. The van der Waals surface area contributed by atoms with E-state index in [1.807, 2.05) is 6.07 Å². The fraction of sp³-hybridized carbons (Fsp3) is 0.588. The minimum absolute atomic E-state index is 0.170. The maximum atomic E-state index is 11.2. The van der Waals surface area contributed by atoms with E-state index in [0.717, 1.165) is 43.9 Å². The summed E-state index contributed by atoms with van der Waals surface area (Å²) >= 11 is 0. The van der Waals surface area contributed by atoms with Crippen LogP contribution in [-0.4, -0.2) is 43.3 Å². The molecule has 0 saturated carbocycles. The van der Waals surface area contributed by atoms with Crippen molar-refractivity contribution in [3.63, 3.8) is 0 Å². The Morgan fingerprint density at radius 3 is 2.68 bits per heavy atom. The Kier molecular flexibility index (Phi) is 4.25. The molecule has 2 unspecified atom stereocenters. The fourth-order valence-corrected chi connectivity index (χ4v) is 3.98. The third-order valence-corrected chi connectivity index (χ3v) is 4.93. The number of nitrogens with zero attached hydrogens (tertiary/aromatic N) is 1. The Labute approximate surface area is 130 Å². The Balaban J connectivity index is 2.01. The molecule has 22 heavy (non-hydrogen) atoms. The molecule has 1 aromatic carbocycles. The number of benzene rings is 1. The normalized spacial score (nSPS) is 24.3. The summed E-state index contributed by atoms with van der Waals surface area (Å²) < 4.78 is 10.8. The maximum Gasteiger partial charge on any atom is 0.303 e.